The van der Waals surface area contributed by atoms with Crippen LogP contribution in [0.3, 0.4) is 0 Å². The average molecular weight is 240 g/mol. The molecule has 2 heterocycles. The molecule has 0 radical (unpaired) electrons. The van der Waals surface area contributed by atoms with Crippen molar-refractivity contribution in [2.75, 3.05) is 13.1 Å². The normalized spacial score (nSPS) is 32.5. The van der Waals surface area contributed by atoms with Crippen LogP contribution in [0, 0.1) is 0 Å². The predicted octanol–water partition coefficient (Wildman–Crippen LogP) is 1.89. The number of aliphatic hydroxyl groups excluding tert-OH is 1. The van der Waals surface area contributed by atoms with Gasteiger partial charge in [0.2, 0.25) is 0 Å². The zero-order valence-electron chi connectivity index (χ0n) is 8.87. The highest BCUT2D eigenvalue weighted by molar-refractivity contribution is 6.30. The van der Waals surface area contributed by atoms with E-state index in [1.54, 1.807) is 12.1 Å². The molecule has 0 amide bonds. The van der Waals surface area contributed by atoms with Gasteiger partial charge in [0.05, 0.1) is 6.10 Å². The van der Waals surface area contributed by atoms with E-state index in [2.05, 4.69) is 5.32 Å². The van der Waals surface area contributed by atoms with E-state index < -0.39 is 6.10 Å². The lowest BCUT2D eigenvalue weighted by molar-refractivity contribution is -0.000273. The SMILES string of the molecule is OC1CC2(CCNC2)Oc2ccc(Cl)cc21. The van der Waals surface area contributed by atoms with Crippen LogP contribution in [0.5, 0.6) is 5.75 Å². The standard InChI is InChI=1S/C12H14ClNO2/c13-8-1-2-11-9(5-8)10(15)6-12(16-11)3-4-14-7-12/h1-2,5,10,14-15H,3-4,6-7H2. The summed E-state index contributed by atoms with van der Waals surface area (Å²) in [6.07, 6.45) is 1.13. The molecule has 1 aromatic carbocycles. The molecule has 0 saturated carbocycles. The van der Waals surface area contributed by atoms with E-state index in [-0.39, 0.29) is 5.60 Å². The maximum atomic E-state index is 10.1. The molecule has 1 spiro atoms. The maximum Gasteiger partial charge on any atom is 0.126 e. The summed E-state index contributed by atoms with van der Waals surface area (Å²) in [5.74, 6) is 0.770. The van der Waals surface area contributed by atoms with Crippen molar-refractivity contribution < 1.29 is 9.84 Å². The molecular formula is C12H14ClNO2. The lowest BCUT2D eigenvalue weighted by Crippen LogP contribution is -2.42. The third-order valence-corrected chi connectivity index (χ3v) is 3.66. The Labute approximate surface area is 99.4 Å². The number of ether oxygens (including phenoxy) is 1. The monoisotopic (exact) mass is 239 g/mol. The fourth-order valence-electron chi connectivity index (χ4n) is 2.59. The number of fused-ring (bicyclic) bond motifs is 1. The van der Waals surface area contributed by atoms with Crippen LogP contribution in [0.25, 0.3) is 0 Å². The highest BCUT2D eigenvalue weighted by Gasteiger charge is 2.42. The fraction of sp³-hybridized carbons (Fsp3) is 0.500. The van der Waals surface area contributed by atoms with Crippen molar-refractivity contribution in [3.63, 3.8) is 0 Å². The molecule has 2 N–H and O–H groups in total. The van der Waals surface area contributed by atoms with E-state index in [1.165, 1.54) is 0 Å². The molecule has 3 nitrogen and oxygen atoms in total. The van der Waals surface area contributed by atoms with Gasteiger partial charge in [-0.3, -0.25) is 0 Å². The largest absolute Gasteiger partial charge is 0.485 e. The first-order chi connectivity index (χ1) is 7.69. The Morgan fingerprint density at radius 1 is 1.50 bits per heavy atom. The summed E-state index contributed by atoms with van der Waals surface area (Å²) < 4.78 is 6.02. The molecule has 1 saturated heterocycles. The smallest absolute Gasteiger partial charge is 0.126 e. The second kappa shape index (κ2) is 3.62. The van der Waals surface area contributed by atoms with Crippen LogP contribution in [-0.2, 0) is 0 Å². The second-order valence-corrected chi connectivity index (χ2v) is 5.05. The number of aliphatic hydroxyl groups is 1. The molecular weight excluding hydrogens is 226 g/mol. The van der Waals surface area contributed by atoms with Crippen LogP contribution in [0.1, 0.15) is 24.5 Å². The minimum Gasteiger partial charge on any atom is -0.485 e. The molecule has 2 unspecified atom stereocenters. The van der Waals surface area contributed by atoms with Gasteiger partial charge in [-0.05, 0) is 24.7 Å². The Kier molecular flexibility index (Phi) is 2.35. The summed E-state index contributed by atoms with van der Waals surface area (Å²) in [7, 11) is 0. The van der Waals surface area contributed by atoms with Gasteiger partial charge >= 0.3 is 0 Å². The summed E-state index contributed by atoms with van der Waals surface area (Å²) in [6.45, 7) is 1.77. The highest BCUT2D eigenvalue weighted by atomic mass is 35.5. The molecule has 0 aromatic heterocycles. The van der Waals surface area contributed by atoms with Crippen molar-refractivity contribution in [1.82, 2.24) is 5.32 Å². The maximum absolute atomic E-state index is 10.1. The summed E-state index contributed by atoms with van der Waals surface area (Å²) in [6, 6.07) is 5.44. The molecule has 86 valence electrons. The third kappa shape index (κ3) is 1.59. The quantitative estimate of drug-likeness (QED) is 0.727. The molecule has 1 aromatic rings. The lowest BCUT2D eigenvalue weighted by atomic mass is 9.88. The van der Waals surface area contributed by atoms with Gasteiger partial charge in [0, 0.05) is 30.0 Å². The Hall–Kier alpha value is -0.770. The first-order valence-electron chi connectivity index (χ1n) is 5.56. The summed E-state index contributed by atoms with van der Waals surface area (Å²) in [4.78, 5) is 0. The molecule has 2 aliphatic rings. The topological polar surface area (TPSA) is 41.5 Å². The number of benzene rings is 1. The number of halogens is 1. The van der Waals surface area contributed by atoms with Crippen LogP contribution < -0.4 is 10.1 Å². The number of hydrogen-bond acceptors (Lipinski definition) is 3. The molecule has 3 rings (SSSR count). The van der Waals surface area contributed by atoms with Crippen molar-refractivity contribution in [3.8, 4) is 5.75 Å². The zero-order chi connectivity index (χ0) is 11.2. The van der Waals surface area contributed by atoms with Crippen LogP contribution in [0.2, 0.25) is 5.02 Å². The van der Waals surface area contributed by atoms with Gasteiger partial charge in [0.15, 0.2) is 0 Å². The van der Waals surface area contributed by atoms with Crippen LogP contribution >= 0.6 is 11.6 Å². The van der Waals surface area contributed by atoms with E-state index in [0.29, 0.717) is 11.4 Å². The van der Waals surface area contributed by atoms with Gasteiger partial charge in [0.25, 0.3) is 0 Å². The minimum absolute atomic E-state index is 0.222. The Morgan fingerprint density at radius 3 is 3.12 bits per heavy atom. The first kappa shape index (κ1) is 10.4. The predicted molar refractivity (Wildman–Crippen MR) is 61.9 cm³/mol. The minimum atomic E-state index is -0.470. The molecule has 1 fully saturated rings. The fourth-order valence-corrected chi connectivity index (χ4v) is 2.77. The van der Waals surface area contributed by atoms with Crippen molar-refractivity contribution in [3.05, 3.63) is 28.8 Å². The van der Waals surface area contributed by atoms with Gasteiger partial charge < -0.3 is 15.2 Å². The summed E-state index contributed by atoms with van der Waals surface area (Å²) in [5, 5.41) is 14.1. The van der Waals surface area contributed by atoms with E-state index in [1.807, 2.05) is 6.07 Å². The van der Waals surface area contributed by atoms with E-state index in [9.17, 15) is 5.11 Å². The second-order valence-electron chi connectivity index (χ2n) is 4.61. The summed E-state index contributed by atoms with van der Waals surface area (Å²) in [5.41, 5.74) is 0.588. The number of hydrogen-bond donors (Lipinski definition) is 2. The first-order valence-corrected chi connectivity index (χ1v) is 5.94. The van der Waals surface area contributed by atoms with Gasteiger partial charge in [-0.25, -0.2) is 0 Å². The van der Waals surface area contributed by atoms with Gasteiger partial charge in [0.1, 0.15) is 11.4 Å². The lowest BCUT2D eigenvalue weighted by Gasteiger charge is -2.37. The zero-order valence-corrected chi connectivity index (χ0v) is 9.63. The molecule has 16 heavy (non-hydrogen) atoms. The van der Waals surface area contributed by atoms with Gasteiger partial charge in [-0.15, -0.1) is 0 Å². The van der Waals surface area contributed by atoms with Crippen molar-refractivity contribution >= 4 is 11.6 Å². The van der Waals surface area contributed by atoms with Crippen molar-refractivity contribution in [1.29, 1.82) is 0 Å². The van der Waals surface area contributed by atoms with Crippen LogP contribution in [-0.4, -0.2) is 23.8 Å². The van der Waals surface area contributed by atoms with E-state index in [0.717, 1.165) is 30.8 Å². The number of nitrogens with one attached hydrogen (secondary N) is 1. The van der Waals surface area contributed by atoms with Gasteiger partial charge in [-0.1, -0.05) is 11.6 Å². The van der Waals surface area contributed by atoms with E-state index in [4.69, 9.17) is 16.3 Å². The molecule has 2 atom stereocenters. The average Bonchev–Trinajstić information content (AvgIpc) is 2.68. The molecule has 4 heteroatoms. The Balaban J connectivity index is 1.99. The third-order valence-electron chi connectivity index (χ3n) is 3.43. The highest BCUT2D eigenvalue weighted by Crippen LogP contribution is 2.42. The van der Waals surface area contributed by atoms with E-state index >= 15 is 0 Å². The Bertz CT molecular complexity index is 415. The molecule has 2 aliphatic heterocycles. The van der Waals surface area contributed by atoms with Crippen molar-refractivity contribution in [2.45, 2.75) is 24.5 Å². The Morgan fingerprint density at radius 2 is 2.38 bits per heavy atom. The molecule has 0 aliphatic carbocycles. The number of rotatable bonds is 0. The van der Waals surface area contributed by atoms with Gasteiger partial charge in [-0.2, -0.15) is 0 Å². The molecule has 0 bridgehead atoms. The van der Waals surface area contributed by atoms with Crippen LogP contribution in [0.15, 0.2) is 18.2 Å². The van der Waals surface area contributed by atoms with Crippen LogP contribution in [0.4, 0.5) is 0 Å². The van der Waals surface area contributed by atoms with Crippen molar-refractivity contribution in [2.24, 2.45) is 0 Å². The summed E-state index contributed by atoms with van der Waals surface area (Å²) >= 11 is 5.91.